The summed E-state index contributed by atoms with van der Waals surface area (Å²) in [5.74, 6) is 0.0438. The molecule has 2 heterocycles. The van der Waals surface area contributed by atoms with Crippen molar-refractivity contribution >= 4 is 23.3 Å². The number of piperazine rings is 1. The zero-order valence-corrected chi connectivity index (χ0v) is 13.2. The number of rotatable bonds is 4. The average Bonchev–Trinajstić information content (AvgIpc) is 2.89. The minimum atomic E-state index is -0.608. The molecule has 6 nitrogen and oxygen atoms in total. The van der Waals surface area contributed by atoms with E-state index in [9.17, 15) is 9.59 Å². The second kappa shape index (κ2) is 6.91. The highest BCUT2D eigenvalue weighted by Crippen LogP contribution is 2.23. The van der Waals surface area contributed by atoms with Crippen LogP contribution in [0.25, 0.3) is 0 Å². The first-order valence-electron chi connectivity index (χ1n) is 7.09. The number of carbonyl (C=O) groups is 2. The fraction of sp³-hybridized carbons (Fsp3) is 0.571. The number of hydrogen-bond donors (Lipinski definition) is 3. The van der Waals surface area contributed by atoms with Gasteiger partial charge in [0, 0.05) is 30.1 Å². The molecular formula is C14H22N4O2S. The summed E-state index contributed by atoms with van der Waals surface area (Å²) in [5.41, 5.74) is 5.22. The number of nitrogens with two attached hydrogens (primary N) is 1. The molecule has 0 aliphatic carbocycles. The Hall–Kier alpha value is -1.60. The van der Waals surface area contributed by atoms with E-state index in [1.54, 1.807) is 0 Å². The first-order valence-corrected chi connectivity index (χ1v) is 7.97. The molecule has 1 aliphatic rings. The Morgan fingerprint density at radius 3 is 2.67 bits per heavy atom. The van der Waals surface area contributed by atoms with E-state index in [0.717, 1.165) is 4.88 Å². The van der Waals surface area contributed by atoms with Crippen LogP contribution in [0.1, 0.15) is 31.2 Å². The second-order valence-electron chi connectivity index (χ2n) is 5.55. The Labute approximate surface area is 128 Å². The summed E-state index contributed by atoms with van der Waals surface area (Å²) < 4.78 is 0. The maximum absolute atomic E-state index is 12.5. The molecule has 0 bridgehead atoms. The smallest absolute Gasteiger partial charge is 0.312 e. The van der Waals surface area contributed by atoms with Crippen LogP contribution in [0.5, 0.6) is 0 Å². The lowest BCUT2D eigenvalue weighted by molar-refractivity contribution is -0.133. The summed E-state index contributed by atoms with van der Waals surface area (Å²) in [7, 11) is 0. The summed E-state index contributed by atoms with van der Waals surface area (Å²) >= 11 is 1.51. The molecule has 21 heavy (non-hydrogen) atoms. The van der Waals surface area contributed by atoms with E-state index < -0.39 is 6.03 Å². The third kappa shape index (κ3) is 4.44. The third-order valence-electron chi connectivity index (χ3n) is 3.49. The van der Waals surface area contributed by atoms with Gasteiger partial charge in [0.25, 0.3) is 0 Å². The molecule has 0 aromatic carbocycles. The van der Waals surface area contributed by atoms with Gasteiger partial charge in [0.2, 0.25) is 5.91 Å². The van der Waals surface area contributed by atoms with Crippen LogP contribution in [-0.4, -0.2) is 42.0 Å². The molecule has 7 heteroatoms. The van der Waals surface area contributed by atoms with Gasteiger partial charge in [0.15, 0.2) is 0 Å². The molecule has 116 valence electrons. The van der Waals surface area contributed by atoms with Crippen LogP contribution >= 0.6 is 11.3 Å². The van der Waals surface area contributed by atoms with Crippen LogP contribution < -0.4 is 16.4 Å². The van der Waals surface area contributed by atoms with Crippen molar-refractivity contribution in [3.8, 4) is 0 Å². The summed E-state index contributed by atoms with van der Waals surface area (Å²) in [5, 5.41) is 7.98. The summed E-state index contributed by atoms with van der Waals surface area (Å²) in [6, 6.07) is 3.40. The summed E-state index contributed by atoms with van der Waals surface area (Å²) in [6.45, 7) is 5.51. The lowest BCUT2D eigenvalue weighted by atomic mass is 10.1. The lowest BCUT2D eigenvalue weighted by Gasteiger charge is -2.36. The number of carbonyl (C=O) groups excluding carboxylic acids is 2. The Kier molecular flexibility index (Phi) is 5.19. The van der Waals surface area contributed by atoms with Gasteiger partial charge in [-0.3, -0.25) is 4.79 Å². The molecule has 0 radical (unpaired) electrons. The highest BCUT2D eigenvalue weighted by molar-refractivity contribution is 7.10. The van der Waals surface area contributed by atoms with Gasteiger partial charge in [-0.2, -0.15) is 0 Å². The number of primary amides is 1. The van der Waals surface area contributed by atoms with Gasteiger partial charge in [0.1, 0.15) is 0 Å². The standard InChI is InChI=1S/C14H22N4O2S/c1-9-7-18(8-10(2)16-9)13(19)6-11(17-14(15)20)12-4-3-5-21-12/h3-5,9-11,16H,6-8H2,1-2H3,(H3,15,17,20)/t9-,10+,11-/m0/s1. The highest BCUT2D eigenvalue weighted by atomic mass is 32.1. The van der Waals surface area contributed by atoms with Crippen molar-refractivity contribution in [3.05, 3.63) is 22.4 Å². The topological polar surface area (TPSA) is 87.5 Å². The summed E-state index contributed by atoms with van der Waals surface area (Å²) in [4.78, 5) is 26.4. The predicted molar refractivity (Wildman–Crippen MR) is 83.0 cm³/mol. The normalized spacial score (nSPS) is 23.6. The molecule has 3 amide bonds. The van der Waals surface area contributed by atoms with E-state index in [2.05, 4.69) is 24.5 Å². The Morgan fingerprint density at radius 2 is 2.14 bits per heavy atom. The largest absolute Gasteiger partial charge is 0.352 e. The molecule has 0 unspecified atom stereocenters. The van der Waals surface area contributed by atoms with Gasteiger partial charge in [-0.15, -0.1) is 11.3 Å². The minimum Gasteiger partial charge on any atom is -0.352 e. The second-order valence-corrected chi connectivity index (χ2v) is 6.53. The van der Waals surface area contributed by atoms with E-state index in [0.29, 0.717) is 13.1 Å². The molecule has 1 aromatic rings. The van der Waals surface area contributed by atoms with Crippen LogP contribution in [0.3, 0.4) is 0 Å². The first kappa shape index (κ1) is 15.8. The number of hydrogen-bond acceptors (Lipinski definition) is 4. The van der Waals surface area contributed by atoms with Crippen molar-refractivity contribution in [2.75, 3.05) is 13.1 Å². The zero-order valence-electron chi connectivity index (χ0n) is 12.3. The SMILES string of the molecule is C[C@@H]1CN(C(=O)C[C@H](NC(N)=O)c2cccs2)C[C@H](C)N1. The molecular weight excluding hydrogens is 288 g/mol. The number of nitrogens with zero attached hydrogens (tertiary/aromatic N) is 1. The van der Waals surface area contributed by atoms with Gasteiger partial charge in [-0.1, -0.05) is 6.07 Å². The molecule has 1 aliphatic heterocycles. The Balaban J connectivity index is 2.02. The van der Waals surface area contributed by atoms with Gasteiger partial charge < -0.3 is 21.3 Å². The van der Waals surface area contributed by atoms with Crippen molar-refractivity contribution in [2.24, 2.45) is 5.73 Å². The van der Waals surface area contributed by atoms with Gasteiger partial charge in [-0.25, -0.2) is 4.79 Å². The molecule has 3 atom stereocenters. The Bertz CT molecular complexity index is 481. The Morgan fingerprint density at radius 1 is 1.48 bits per heavy atom. The van der Waals surface area contributed by atoms with Gasteiger partial charge in [-0.05, 0) is 25.3 Å². The van der Waals surface area contributed by atoms with Crippen molar-refractivity contribution < 1.29 is 9.59 Å². The van der Waals surface area contributed by atoms with E-state index in [1.165, 1.54) is 11.3 Å². The van der Waals surface area contributed by atoms with Crippen LogP contribution in [0.15, 0.2) is 17.5 Å². The predicted octanol–water partition coefficient (Wildman–Crippen LogP) is 1.06. The average molecular weight is 310 g/mol. The molecule has 0 spiro atoms. The van der Waals surface area contributed by atoms with E-state index >= 15 is 0 Å². The molecule has 1 fully saturated rings. The molecule has 2 rings (SSSR count). The number of thiophene rings is 1. The molecule has 1 saturated heterocycles. The van der Waals surface area contributed by atoms with Crippen LogP contribution in [0.2, 0.25) is 0 Å². The first-order chi connectivity index (χ1) is 9.95. The number of urea groups is 1. The fourth-order valence-corrected chi connectivity index (χ4v) is 3.50. The molecule has 4 N–H and O–H groups in total. The van der Waals surface area contributed by atoms with Crippen molar-refractivity contribution in [2.45, 2.75) is 38.4 Å². The third-order valence-corrected chi connectivity index (χ3v) is 4.48. The zero-order chi connectivity index (χ0) is 15.4. The number of amides is 3. The van der Waals surface area contributed by atoms with Gasteiger partial charge in [0.05, 0.1) is 12.5 Å². The van der Waals surface area contributed by atoms with E-state index in [1.807, 2.05) is 22.4 Å². The lowest BCUT2D eigenvalue weighted by Crippen LogP contribution is -2.56. The number of nitrogens with one attached hydrogen (secondary N) is 2. The molecule has 1 aromatic heterocycles. The maximum Gasteiger partial charge on any atom is 0.312 e. The minimum absolute atomic E-state index is 0.0438. The van der Waals surface area contributed by atoms with Crippen molar-refractivity contribution in [1.82, 2.24) is 15.5 Å². The summed E-state index contributed by atoms with van der Waals surface area (Å²) in [6.07, 6.45) is 0.239. The maximum atomic E-state index is 12.5. The van der Waals surface area contributed by atoms with Crippen LogP contribution in [-0.2, 0) is 4.79 Å². The van der Waals surface area contributed by atoms with Crippen LogP contribution in [0.4, 0.5) is 4.79 Å². The fourth-order valence-electron chi connectivity index (χ4n) is 2.72. The monoisotopic (exact) mass is 310 g/mol. The van der Waals surface area contributed by atoms with Crippen molar-refractivity contribution in [3.63, 3.8) is 0 Å². The highest BCUT2D eigenvalue weighted by Gasteiger charge is 2.27. The van der Waals surface area contributed by atoms with Crippen molar-refractivity contribution in [1.29, 1.82) is 0 Å². The van der Waals surface area contributed by atoms with E-state index in [4.69, 9.17) is 5.73 Å². The van der Waals surface area contributed by atoms with E-state index in [-0.39, 0.29) is 30.5 Å². The quantitative estimate of drug-likeness (QED) is 0.777. The van der Waals surface area contributed by atoms with Crippen LogP contribution in [0, 0.1) is 0 Å². The van der Waals surface area contributed by atoms with Gasteiger partial charge >= 0.3 is 6.03 Å². The molecule has 0 saturated carbocycles.